The fraction of sp³-hybridized carbons (Fsp3) is 0.375. The van der Waals surface area contributed by atoms with Crippen LogP contribution in [-0.2, 0) is 4.79 Å². The molecule has 1 aliphatic rings. The summed E-state index contributed by atoms with van der Waals surface area (Å²) < 4.78 is 0. The quantitative estimate of drug-likeness (QED) is 0.537. The number of halogens is 2. The standard InChI is InChI=1S/C8H8Cl2O/c9-6-4-2-1-3-5-7(10)8(6)11/h1-4,6-7H,5H2/b3-1-,4-2-. The lowest BCUT2D eigenvalue weighted by molar-refractivity contribution is -0.117. The van der Waals surface area contributed by atoms with Crippen LogP contribution in [0.25, 0.3) is 0 Å². The number of Topliss-reactive ketones (excluding diaryl/α,β-unsaturated/α-hetero) is 1. The minimum Gasteiger partial charge on any atom is -0.296 e. The molecular formula is C8H8Cl2O. The van der Waals surface area contributed by atoms with E-state index in [0.29, 0.717) is 6.42 Å². The normalized spacial score (nSPS) is 37.5. The third-order valence-electron chi connectivity index (χ3n) is 1.45. The van der Waals surface area contributed by atoms with E-state index in [4.69, 9.17) is 23.2 Å². The number of hydrogen-bond donors (Lipinski definition) is 0. The Balaban J connectivity index is 2.75. The van der Waals surface area contributed by atoms with Gasteiger partial charge in [-0.05, 0) is 6.42 Å². The zero-order valence-corrected chi connectivity index (χ0v) is 7.35. The summed E-state index contributed by atoms with van der Waals surface area (Å²) in [5, 5.41) is -1.04. The SMILES string of the molecule is O=C1C(Cl)/C=C\C=C/CC1Cl. The molecule has 0 N–H and O–H groups in total. The number of rotatable bonds is 0. The van der Waals surface area contributed by atoms with Gasteiger partial charge in [0.1, 0.15) is 5.38 Å². The second-order valence-electron chi connectivity index (χ2n) is 2.32. The highest BCUT2D eigenvalue weighted by Gasteiger charge is 2.20. The fourth-order valence-corrected chi connectivity index (χ4v) is 1.36. The minimum absolute atomic E-state index is 0.117. The number of alkyl halides is 2. The van der Waals surface area contributed by atoms with E-state index >= 15 is 0 Å². The zero-order chi connectivity index (χ0) is 8.27. The summed E-state index contributed by atoms with van der Waals surface area (Å²) >= 11 is 11.4. The third-order valence-corrected chi connectivity index (χ3v) is 2.20. The van der Waals surface area contributed by atoms with E-state index < -0.39 is 10.8 Å². The molecule has 2 unspecified atom stereocenters. The average molecular weight is 191 g/mol. The van der Waals surface area contributed by atoms with Crippen molar-refractivity contribution in [1.82, 2.24) is 0 Å². The Morgan fingerprint density at radius 1 is 1.36 bits per heavy atom. The predicted molar refractivity (Wildman–Crippen MR) is 47.2 cm³/mol. The molecule has 0 aromatic carbocycles. The van der Waals surface area contributed by atoms with Gasteiger partial charge in [-0.3, -0.25) is 4.79 Å². The highest BCUT2D eigenvalue weighted by molar-refractivity contribution is 6.41. The Hall–Kier alpha value is -0.270. The van der Waals surface area contributed by atoms with E-state index in [1.54, 1.807) is 12.2 Å². The molecule has 0 amide bonds. The van der Waals surface area contributed by atoms with Crippen molar-refractivity contribution in [3.05, 3.63) is 24.3 Å². The van der Waals surface area contributed by atoms with Crippen molar-refractivity contribution in [1.29, 1.82) is 0 Å². The van der Waals surface area contributed by atoms with Gasteiger partial charge in [-0.15, -0.1) is 23.2 Å². The van der Waals surface area contributed by atoms with Crippen LogP contribution in [0.1, 0.15) is 6.42 Å². The van der Waals surface area contributed by atoms with Crippen LogP contribution >= 0.6 is 23.2 Å². The smallest absolute Gasteiger partial charge is 0.172 e. The molecule has 2 atom stereocenters. The van der Waals surface area contributed by atoms with Crippen molar-refractivity contribution in [3.63, 3.8) is 0 Å². The largest absolute Gasteiger partial charge is 0.296 e. The van der Waals surface area contributed by atoms with E-state index in [-0.39, 0.29) is 5.78 Å². The molecule has 0 spiro atoms. The van der Waals surface area contributed by atoms with Gasteiger partial charge in [-0.25, -0.2) is 0 Å². The van der Waals surface area contributed by atoms with Crippen LogP contribution in [0.3, 0.4) is 0 Å². The first-order valence-corrected chi connectivity index (χ1v) is 4.24. The lowest BCUT2D eigenvalue weighted by atomic mass is 10.1. The molecule has 0 radical (unpaired) electrons. The van der Waals surface area contributed by atoms with Gasteiger partial charge in [0.15, 0.2) is 5.78 Å². The van der Waals surface area contributed by atoms with Gasteiger partial charge >= 0.3 is 0 Å². The summed E-state index contributed by atoms with van der Waals surface area (Å²) in [7, 11) is 0. The summed E-state index contributed by atoms with van der Waals surface area (Å²) in [6.07, 6.45) is 7.66. The van der Waals surface area contributed by atoms with Gasteiger partial charge in [-0.1, -0.05) is 24.3 Å². The Morgan fingerprint density at radius 2 is 2.09 bits per heavy atom. The first-order chi connectivity index (χ1) is 5.22. The van der Waals surface area contributed by atoms with E-state index in [2.05, 4.69) is 0 Å². The topological polar surface area (TPSA) is 17.1 Å². The van der Waals surface area contributed by atoms with E-state index in [0.717, 1.165) is 0 Å². The second-order valence-corrected chi connectivity index (χ2v) is 3.32. The van der Waals surface area contributed by atoms with Gasteiger partial charge in [0.25, 0.3) is 0 Å². The van der Waals surface area contributed by atoms with Crippen LogP contribution in [0.4, 0.5) is 0 Å². The van der Waals surface area contributed by atoms with Crippen LogP contribution in [0, 0.1) is 0 Å². The molecule has 0 aromatic rings. The van der Waals surface area contributed by atoms with Crippen molar-refractivity contribution in [2.45, 2.75) is 17.2 Å². The monoisotopic (exact) mass is 190 g/mol. The number of ketones is 1. The van der Waals surface area contributed by atoms with Crippen LogP contribution in [0.5, 0.6) is 0 Å². The van der Waals surface area contributed by atoms with Crippen molar-refractivity contribution in [2.24, 2.45) is 0 Å². The van der Waals surface area contributed by atoms with Crippen LogP contribution in [-0.4, -0.2) is 16.5 Å². The maximum absolute atomic E-state index is 11.1. The molecule has 0 heterocycles. The molecule has 60 valence electrons. The van der Waals surface area contributed by atoms with E-state index in [1.807, 2.05) is 12.2 Å². The average Bonchev–Trinajstić information content (AvgIpc) is 2.00. The number of carbonyl (C=O) groups excluding carboxylic acids is 1. The molecule has 3 heteroatoms. The number of allylic oxidation sites excluding steroid dienone is 4. The van der Waals surface area contributed by atoms with Gasteiger partial charge < -0.3 is 0 Å². The molecule has 0 fully saturated rings. The number of hydrogen-bond acceptors (Lipinski definition) is 1. The summed E-state index contributed by atoms with van der Waals surface area (Å²) in [5.74, 6) is -0.117. The van der Waals surface area contributed by atoms with Gasteiger partial charge in [-0.2, -0.15) is 0 Å². The van der Waals surface area contributed by atoms with Crippen molar-refractivity contribution in [2.75, 3.05) is 0 Å². The summed E-state index contributed by atoms with van der Waals surface area (Å²) in [6, 6.07) is 0. The molecule has 0 aromatic heterocycles. The lowest BCUT2D eigenvalue weighted by Crippen LogP contribution is -2.23. The first kappa shape index (κ1) is 8.82. The zero-order valence-electron chi connectivity index (χ0n) is 5.84. The van der Waals surface area contributed by atoms with Crippen molar-refractivity contribution >= 4 is 29.0 Å². The van der Waals surface area contributed by atoms with Crippen LogP contribution < -0.4 is 0 Å². The van der Waals surface area contributed by atoms with Gasteiger partial charge in [0, 0.05) is 0 Å². The Morgan fingerprint density at radius 3 is 2.82 bits per heavy atom. The maximum Gasteiger partial charge on any atom is 0.172 e. The summed E-state index contributed by atoms with van der Waals surface area (Å²) in [4.78, 5) is 11.1. The van der Waals surface area contributed by atoms with Crippen LogP contribution in [0.15, 0.2) is 24.3 Å². The molecule has 0 aliphatic heterocycles. The lowest BCUT2D eigenvalue weighted by Gasteiger charge is -2.09. The Bertz CT molecular complexity index is 208. The van der Waals surface area contributed by atoms with Gasteiger partial charge in [0.05, 0.1) is 5.38 Å². The Labute approximate surface area is 75.7 Å². The maximum atomic E-state index is 11.1. The molecule has 0 saturated carbocycles. The predicted octanol–water partition coefficient (Wildman–Crippen LogP) is 2.29. The van der Waals surface area contributed by atoms with Gasteiger partial charge in [0.2, 0.25) is 0 Å². The van der Waals surface area contributed by atoms with Crippen molar-refractivity contribution in [3.8, 4) is 0 Å². The fourth-order valence-electron chi connectivity index (χ4n) is 0.822. The van der Waals surface area contributed by atoms with E-state index in [9.17, 15) is 4.79 Å². The molecule has 0 bridgehead atoms. The Kier molecular flexibility index (Phi) is 3.16. The highest BCUT2D eigenvalue weighted by Crippen LogP contribution is 2.14. The molecule has 1 nitrogen and oxygen atoms in total. The molecule has 0 saturated heterocycles. The van der Waals surface area contributed by atoms with E-state index in [1.165, 1.54) is 0 Å². The molecule has 11 heavy (non-hydrogen) atoms. The third kappa shape index (κ3) is 2.35. The summed E-state index contributed by atoms with van der Waals surface area (Å²) in [5.41, 5.74) is 0. The van der Waals surface area contributed by atoms with Crippen molar-refractivity contribution < 1.29 is 4.79 Å². The molecule has 1 aliphatic carbocycles. The highest BCUT2D eigenvalue weighted by atomic mass is 35.5. The minimum atomic E-state index is -0.567. The molecule has 1 rings (SSSR count). The van der Waals surface area contributed by atoms with Crippen LogP contribution in [0.2, 0.25) is 0 Å². The number of carbonyl (C=O) groups is 1. The second kappa shape index (κ2) is 3.93. The summed E-state index contributed by atoms with van der Waals surface area (Å²) in [6.45, 7) is 0. The first-order valence-electron chi connectivity index (χ1n) is 3.37. The molecular weight excluding hydrogens is 183 g/mol.